The highest BCUT2D eigenvalue weighted by Gasteiger charge is 2.29. The van der Waals surface area contributed by atoms with Gasteiger partial charge in [-0.3, -0.25) is 9.59 Å². The van der Waals surface area contributed by atoms with Crippen LogP contribution in [0.4, 0.5) is 4.39 Å². The van der Waals surface area contributed by atoms with Crippen molar-refractivity contribution in [1.29, 1.82) is 0 Å². The van der Waals surface area contributed by atoms with Crippen molar-refractivity contribution in [3.63, 3.8) is 0 Å². The van der Waals surface area contributed by atoms with Gasteiger partial charge in [0.25, 0.3) is 0 Å². The monoisotopic (exact) mass is 464 g/mol. The molecule has 0 aromatic heterocycles. The minimum atomic E-state index is -0.581. The normalized spacial score (nSPS) is 12.8. The van der Waals surface area contributed by atoms with Crippen molar-refractivity contribution in [2.45, 2.75) is 58.0 Å². The second-order valence-electron chi connectivity index (χ2n) is 7.51. The maximum atomic E-state index is 13.3. The van der Waals surface area contributed by atoms with Crippen LogP contribution >= 0.6 is 23.4 Å². The van der Waals surface area contributed by atoms with E-state index in [1.165, 1.54) is 23.9 Å². The molecular weight excluding hydrogens is 435 g/mol. The van der Waals surface area contributed by atoms with Crippen molar-refractivity contribution in [1.82, 2.24) is 10.2 Å². The minimum absolute atomic E-state index is 0.0311. The summed E-state index contributed by atoms with van der Waals surface area (Å²) in [6.07, 6.45) is 1.31. The predicted molar refractivity (Wildman–Crippen MR) is 127 cm³/mol. The van der Waals surface area contributed by atoms with E-state index in [-0.39, 0.29) is 36.0 Å². The van der Waals surface area contributed by atoms with E-state index in [2.05, 4.69) is 5.32 Å². The van der Waals surface area contributed by atoms with E-state index in [9.17, 15) is 14.0 Å². The highest BCUT2D eigenvalue weighted by molar-refractivity contribution is 7.99. The topological polar surface area (TPSA) is 49.4 Å². The number of hydrogen-bond donors (Lipinski definition) is 1. The molecule has 0 aliphatic rings. The van der Waals surface area contributed by atoms with Crippen LogP contribution in [0.3, 0.4) is 0 Å². The Morgan fingerprint density at radius 3 is 2.23 bits per heavy atom. The zero-order valence-electron chi connectivity index (χ0n) is 18.2. The number of carbonyl (C=O) groups is 2. The summed E-state index contributed by atoms with van der Waals surface area (Å²) in [6, 6.07) is 13.0. The van der Waals surface area contributed by atoms with Gasteiger partial charge in [-0.05, 0) is 55.2 Å². The molecule has 2 aromatic carbocycles. The Bertz CT molecular complexity index is 846. The first kappa shape index (κ1) is 25.2. The van der Waals surface area contributed by atoms with E-state index in [1.807, 2.05) is 45.0 Å². The van der Waals surface area contributed by atoms with Crippen LogP contribution in [0.25, 0.3) is 0 Å². The lowest BCUT2D eigenvalue weighted by Crippen LogP contribution is -2.51. The first-order chi connectivity index (χ1) is 14.8. The van der Waals surface area contributed by atoms with Gasteiger partial charge in [0.2, 0.25) is 11.8 Å². The van der Waals surface area contributed by atoms with Crippen LogP contribution in [0.5, 0.6) is 0 Å². The van der Waals surface area contributed by atoms with Crippen LogP contribution in [0.15, 0.2) is 48.5 Å². The summed E-state index contributed by atoms with van der Waals surface area (Å²) < 4.78 is 13.3. The molecule has 0 aliphatic heterocycles. The molecule has 1 N–H and O–H groups in total. The molecule has 168 valence electrons. The van der Waals surface area contributed by atoms with Gasteiger partial charge in [-0.2, -0.15) is 0 Å². The smallest absolute Gasteiger partial charge is 0.243 e. The minimum Gasteiger partial charge on any atom is -0.352 e. The second-order valence-corrected chi connectivity index (χ2v) is 8.93. The number of nitrogens with one attached hydrogen (secondary N) is 1. The lowest BCUT2D eigenvalue weighted by molar-refractivity contribution is -0.139. The molecule has 31 heavy (non-hydrogen) atoms. The van der Waals surface area contributed by atoms with Crippen LogP contribution in [0.2, 0.25) is 5.02 Å². The molecule has 0 saturated carbocycles. The molecule has 0 fully saturated rings. The summed E-state index contributed by atoms with van der Waals surface area (Å²) in [6.45, 7) is 6.10. The molecule has 0 bridgehead atoms. The second kappa shape index (κ2) is 12.7. The zero-order valence-corrected chi connectivity index (χ0v) is 19.8. The molecule has 2 amide bonds. The molecule has 7 heteroatoms. The fourth-order valence-electron chi connectivity index (χ4n) is 3.07. The molecule has 4 nitrogen and oxygen atoms in total. The highest BCUT2D eigenvalue weighted by Crippen LogP contribution is 2.19. The molecule has 0 aliphatic carbocycles. The molecule has 0 spiro atoms. The summed E-state index contributed by atoms with van der Waals surface area (Å²) in [5.74, 6) is 0.311. The maximum Gasteiger partial charge on any atom is 0.243 e. The SMILES string of the molecule is CC[C@@H](C)NC(=O)[C@@H](CC)N(Cc1ccc(F)cc1)C(=O)CSCc1ccc(Cl)cc1. The quantitative estimate of drug-likeness (QED) is 0.482. The van der Waals surface area contributed by atoms with Crippen LogP contribution in [-0.2, 0) is 21.9 Å². The third-order valence-electron chi connectivity index (χ3n) is 5.06. The summed E-state index contributed by atoms with van der Waals surface area (Å²) in [7, 11) is 0. The highest BCUT2D eigenvalue weighted by atomic mass is 35.5. The van der Waals surface area contributed by atoms with Crippen molar-refractivity contribution in [3.05, 3.63) is 70.5 Å². The van der Waals surface area contributed by atoms with Crippen molar-refractivity contribution in [2.75, 3.05) is 5.75 Å². The molecular formula is C24H30ClFN2O2S. The number of amides is 2. The van der Waals surface area contributed by atoms with Crippen LogP contribution in [0, 0.1) is 5.82 Å². The van der Waals surface area contributed by atoms with Crippen molar-refractivity contribution >= 4 is 35.2 Å². The summed E-state index contributed by atoms with van der Waals surface area (Å²) >= 11 is 7.42. The maximum absolute atomic E-state index is 13.3. The van der Waals surface area contributed by atoms with Gasteiger partial charge in [0.1, 0.15) is 11.9 Å². The Morgan fingerprint density at radius 2 is 1.65 bits per heavy atom. The largest absolute Gasteiger partial charge is 0.352 e. The third kappa shape index (κ3) is 8.19. The van der Waals surface area contributed by atoms with Gasteiger partial charge in [-0.25, -0.2) is 4.39 Å². The Hall–Kier alpha value is -2.05. The molecule has 0 unspecified atom stereocenters. The van der Waals surface area contributed by atoms with Crippen molar-refractivity contribution in [3.8, 4) is 0 Å². The van der Waals surface area contributed by atoms with E-state index in [0.29, 0.717) is 17.2 Å². The first-order valence-corrected chi connectivity index (χ1v) is 12.0. The van der Waals surface area contributed by atoms with Crippen LogP contribution in [-0.4, -0.2) is 34.6 Å². The molecule has 2 aromatic rings. The fourth-order valence-corrected chi connectivity index (χ4v) is 4.06. The van der Waals surface area contributed by atoms with Gasteiger partial charge >= 0.3 is 0 Å². The van der Waals surface area contributed by atoms with Crippen molar-refractivity contribution in [2.24, 2.45) is 0 Å². The van der Waals surface area contributed by atoms with Gasteiger partial charge in [-0.15, -0.1) is 11.8 Å². The molecule has 2 atom stereocenters. The number of hydrogen-bond acceptors (Lipinski definition) is 3. The Morgan fingerprint density at radius 1 is 1.03 bits per heavy atom. The average Bonchev–Trinajstić information content (AvgIpc) is 2.76. The summed E-state index contributed by atoms with van der Waals surface area (Å²) in [5.41, 5.74) is 1.86. The summed E-state index contributed by atoms with van der Waals surface area (Å²) in [4.78, 5) is 27.6. The van der Waals surface area contributed by atoms with Crippen LogP contribution < -0.4 is 5.32 Å². The average molecular weight is 465 g/mol. The van der Waals surface area contributed by atoms with Gasteiger partial charge in [0.15, 0.2) is 0 Å². The number of carbonyl (C=O) groups excluding carboxylic acids is 2. The molecule has 0 saturated heterocycles. The van der Waals surface area contributed by atoms with E-state index in [0.717, 1.165) is 17.5 Å². The lowest BCUT2D eigenvalue weighted by atomic mass is 10.1. The van der Waals surface area contributed by atoms with Gasteiger partial charge < -0.3 is 10.2 Å². The number of halogens is 2. The van der Waals surface area contributed by atoms with E-state index >= 15 is 0 Å². The number of benzene rings is 2. The van der Waals surface area contributed by atoms with Crippen molar-refractivity contribution < 1.29 is 14.0 Å². The first-order valence-electron chi connectivity index (χ1n) is 10.5. The Labute approximate surface area is 193 Å². The number of thioether (sulfide) groups is 1. The third-order valence-corrected chi connectivity index (χ3v) is 6.30. The molecule has 2 rings (SSSR count). The van der Waals surface area contributed by atoms with Gasteiger partial charge in [0.05, 0.1) is 5.75 Å². The Balaban J connectivity index is 2.12. The van der Waals surface area contributed by atoms with Gasteiger partial charge in [-0.1, -0.05) is 49.7 Å². The molecule has 0 heterocycles. The standard InChI is InChI=1S/C24H30ClFN2O2S/c1-4-17(3)27-24(30)22(5-2)28(14-18-8-12-21(26)13-9-18)23(29)16-31-15-19-6-10-20(25)11-7-19/h6-13,17,22H,4-5,14-16H2,1-3H3,(H,27,30)/t17-,22-/m1/s1. The predicted octanol–water partition coefficient (Wildman–Crippen LogP) is 5.43. The van der Waals surface area contributed by atoms with E-state index in [1.54, 1.807) is 17.0 Å². The summed E-state index contributed by atoms with van der Waals surface area (Å²) in [5, 5.41) is 3.66. The zero-order chi connectivity index (χ0) is 22.8. The molecule has 0 radical (unpaired) electrons. The van der Waals surface area contributed by atoms with Crippen LogP contribution in [0.1, 0.15) is 44.7 Å². The number of nitrogens with zero attached hydrogens (tertiary/aromatic N) is 1. The number of rotatable bonds is 11. The van der Waals surface area contributed by atoms with E-state index < -0.39 is 6.04 Å². The van der Waals surface area contributed by atoms with Gasteiger partial charge in [0, 0.05) is 23.4 Å². The lowest BCUT2D eigenvalue weighted by Gasteiger charge is -2.31. The Kier molecular flexibility index (Phi) is 10.3. The fraction of sp³-hybridized carbons (Fsp3) is 0.417. The van der Waals surface area contributed by atoms with E-state index in [4.69, 9.17) is 11.6 Å².